The fourth-order valence-electron chi connectivity index (χ4n) is 3.73. The van der Waals surface area contributed by atoms with Crippen molar-refractivity contribution in [1.82, 2.24) is 9.80 Å². The molecule has 3 heteroatoms. The topological polar surface area (TPSA) is 32.5 Å². The van der Waals surface area contributed by atoms with Crippen LogP contribution in [-0.2, 0) is 0 Å². The molecule has 1 rings (SSSR count). The van der Waals surface area contributed by atoms with Crippen LogP contribution in [0.15, 0.2) is 0 Å². The average molecular weight is 284 g/mol. The van der Waals surface area contributed by atoms with Crippen LogP contribution in [0.25, 0.3) is 0 Å². The summed E-state index contributed by atoms with van der Waals surface area (Å²) < 4.78 is 0. The van der Waals surface area contributed by atoms with Gasteiger partial charge in [0.05, 0.1) is 0 Å². The third-order valence-electron chi connectivity index (χ3n) is 5.21. The molecule has 20 heavy (non-hydrogen) atoms. The molecule has 3 nitrogen and oxygen atoms in total. The van der Waals surface area contributed by atoms with Gasteiger partial charge in [-0.15, -0.1) is 0 Å². The highest BCUT2D eigenvalue weighted by Crippen LogP contribution is 2.31. The van der Waals surface area contributed by atoms with Crippen molar-refractivity contribution in [2.45, 2.75) is 59.4 Å². The normalized spacial score (nSPS) is 27.4. The van der Waals surface area contributed by atoms with Gasteiger partial charge in [0.25, 0.3) is 0 Å². The molecule has 0 heterocycles. The van der Waals surface area contributed by atoms with Crippen molar-refractivity contribution in [1.29, 1.82) is 0 Å². The fourth-order valence-corrected chi connectivity index (χ4v) is 3.73. The van der Waals surface area contributed by atoms with Gasteiger partial charge in [-0.1, -0.05) is 34.1 Å². The quantitative estimate of drug-likeness (QED) is 0.706. The fraction of sp³-hybridized carbons (Fsp3) is 1.00. The molecule has 0 amide bonds. The van der Waals surface area contributed by atoms with E-state index in [0.29, 0.717) is 0 Å². The lowest BCUT2D eigenvalue weighted by Crippen LogP contribution is -2.47. The SMILES string of the molecule is CCN(CC)CCCN(CC)C1CC(C)CCC1CN. The molecule has 3 unspecified atom stereocenters. The van der Waals surface area contributed by atoms with Crippen LogP contribution in [0, 0.1) is 11.8 Å². The second-order valence-electron chi connectivity index (χ2n) is 6.49. The summed E-state index contributed by atoms with van der Waals surface area (Å²) in [5.74, 6) is 1.60. The summed E-state index contributed by atoms with van der Waals surface area (Å²) in [5, 5.41) is 0. The highest BCUT2D eigenvalue weighted by Gasteiger charge is 2.31. The maximum atomic E-state index is 6.02. The van der Waals surface area contributed by atoms with Crippen LogP contribution in [0.2, 0.25) is 0 Å². The Morgan fingerprint density at radius 2 is 1.70 bits per heavy atom. The Hall–Kier alpha value is -0.120. The molecular weight excluding hydrogens is 246 g/mol. The summed E-state index contributed by atoms with van der Waals surface area (Å²) >= 11 is 0. The summed E-state index contributed by atoms with van der Waals surface area (Å²) in [6, 6.07) is 0.727. The molecule has 120 valence electrons. The molecule has 3 atom stereocenters. The van der Waals surface area contributed by atoms with Gasteiger partial charge in [0, 0.05) is 6.04 Å². The molecule has 0 spiro atoms. The second kappa shape index (κ2) is 9.75. The lowest BCUT2D eigenvalue weighted by Gasteiger charge is -2.41. The van der Waals surface area contributed by atoms with Crippen molar-refractivity contribution in [3.8, 4) is 0 Å². The maximum Gasteiger partial charge on any atom is 0.0138 e. The van der Waals surface area contributed by atoms with Crippen molar-refractivity contribution >= 4 is 0 Å². The zero-order valence-corrected chi connectivity index (χ0v) is 14.3. The summed E-state index contributed by atoms with van der Waals surface area (Å²) in [4.78, 5) is 5.23. The summed E-state index contributed by atoms with van der Waals surface area (Å²) in [6.45, 7) is 16.1. The molecule has 0 aliphatic heterocycles. The van der Waals surface area contributed by atoms with Crippen LogP contribution in [0.4, 0.5) is 0 Å². The lowest BCUT2D eigenvalue weighted by molar-refractivity contribution is 0.0862. The minimum Gasteiger partial charge on any atom is -0.330 e. The predicted octanol–water partition coefficient (Wildman–Crippen LogP) is 2.80. The van der Waals surface area contributed by atoms with E-state index >= 15 is 0 Å². The molecule has 1 saturated carbocycles. The van der Waals surface area contributed by atoms with E-state index in [4.69, 9.17) is 5.73 Å². The number of rotatable bonds is 9. The Balaban J connectivity index is 2.46. The van der Waals surface area contributed by atoms with E-state index in [1.807, 2.05) is 0 Å². The molecule has 0 bridgehead atoms. The van der Waals surface area contributed by atoms with Crippen LogP contribution in [0.3, 0.4) is 0 Å². The van der Waals surface area contributed by atoms with E-state index in [9.17, 15) is 0 Å². The Kier molecular flexibility index (Phi) is 8.74. The van der Waals surface area contributed by atoms with Crippen LogP contribution >= 0.6 is 0 Å². The van der Waals surface area contributed by atoms with Crippen LogP contribution < -0.4 is 5.73 Å². The molecule has 0 aromatic rings. The molecular formula is C17H37N3. The first-order chi connectivity index (χ1) is 9.65. The van der Waals surface area contributed by atoms with E-state index in [-0.39, 0.29) is 0 Å². The summed E-state index contributed by atoms with van der Waals surface area (Å²) in [6.07, 6.45) is 5.34. The molecule has 0 aromatic heterocycles. The maximum absolute atomic E-state index is 6.02. The highest BCUT2D eigenvalue weighted by molar-refractivity contribution is 4.86. The highest BCUT2D eigenvalue weighted by atomic mass is 15.2. The van der Waals surface area contributed by atoms with Gasteiger partial charge in [-0.25, -0.2) is 0 Å². The van der Waals surface area contributed by atoms with Crippen molar-refractivity contribution in [3.63, 3.8) is 0 Å². The Bertz CT molecular complexity index is 240. The number of hydrogen-bond donors (Lipinski definition) is 1. The summed E-state index contributed by atoms with van der Waals surface area (Å²) in [5.41, 5.74) is 6.02. The zero-order chi connectivity index (χ0) is 15.0. The molecule has 0 saturated heterocycles. The first kappa shape index (κ1) is 17.9. The minimum atomic E-state index is 0.722. The van der Waals surface area contributed by atoms with E-state index < -0.39 is 0 Å². The molecule has 1 aliphatic rings. The van der Waals surface area contributed by atoms with Gasteiger partial charge >= 0.3 is 0 Å². The van der Waals surface area contributed by atoms with Gasteiger partial charge in [-0.2, -0.15) is 0 Å². The average Bonchev–Trinajstić information content (AvgIpc) is 2.47. The van der Waals surface area contributed by atoms with Gasteiger partial charge in [0.15, 0.2) is 0 Å². The monoisotopic (exact) mass is 283 g/mol. The van der Waals surface area contributed by atoms with Gasteiger partial charge in [0.2, 0.25) is 0 Å². The zero-order valence-electron chi connectivity index (χ0n) is 14.3. The lowest BCUT2D eigenvalue weighted by atomic mass is 9.78. The Morgan fingerprint density at radius 1 is 1.00 bits per heavy atom. The first-order valence-corrected chi connectivity index (χ1v) is 8.82. The van der Waals surface area contributed by atoms with E-state index in [0.717, 1.165) is 24.4 Å². The Labute approximate surface area is 126 Å². The van der Waals surface area contributed by atoms with Crippen molar-refractivity contribution in [2.24, 2.45) is 17.6 Å². The predicted molar refractivity (Wildman–Crippen MR) is 89.0 cm³/mol. The largest absolute Gasteiger partial charge is 0.330 e. The van der Waals surface area contributed by atoms with Gasteiger partial charge in [0.1, 0.15) is 0 Å². The standard InChI is InChI=1S/C17H37N3/c1-5-19(6-2)11-8-12-20(7-3)17-13-15(4)9-10-16(17)14-18/h15-17H,5-14,18H2,1-4H3. The number of nitrogens with two attached hydrogens (primary N) is 1. The number of nitrogens with zero attached hydrogens (tertiary/aromatic N) is 2. The first-order valence-electron chi connectivity index (χ1n) is 8.82. The van der Waals surface area contributed by atoms with Crippen LogP contribution in [0.1, 0.15) is 53.4 Å². The molecule has 0 radical (unpaired) electrons. The minimum absolute atomic E-state index is 0.722. The van der Waals surface area contributed by atoms with Gasteiger partial charge in [-0.3, -0.25) is 0 Å². The smallest absolute Gasteiger partial charge is 0.0138 e. The van der Waals surface area contributed by atoms with E-state index in [1.165, 1.54) is 58.4 Å². The Morgan fingerprint density at radius 3 is 2.25 bits per heavy atom. The van der Waals surface area contributed by atoms with E-state index in [1.54, 1.807) is 0 Å². The molecule has 1 fully saturated rings. The number of hydrogen-bond acceptors (Lipinski definition) is 3. The van der Waals surface area contributed by atoms with Crippen molar-refractivity contribution in [3.05, 3.63) is 0 Å². The third-order valence-corrected chi connectivity index (χ3v) is 5.21. The molecule has 2 N–H and O–H groups in total. The molecule has 0 aromatic carbocycles. The second-order valence-corrected chi connectivity index (χ2v) is 6.49. The molecule has 1 aliphatic carbocycles. The third kappa shape index (κ3) is 5.34. The summed E-state index contributed by atoms with van der Waals surface area (Å²) in [7, 11) is 0. The van der Waals surface area contributed by atoms with Crippen molar-refractivity contribution in [2.75, 3.05) is 39.3 Å². The van der Waals surface area contributed by atoms with Crippen molar-refractivity contribution < 1.29 is 0 Å². The van der Waals surface area contributed by atoms with E-state index in [2.05, 4.69) is 37.5 Å². The van der Waals surface area contributed by atoms with Crippen LogP contribution in [0.5, 0.6) is 0 Å². The van der Waals surface area contributed by atoms with Gasteiger partial charge in [-0.05, 0) is 70.4 Å². The van der Waals surface area contributed by atoms with Crippen LogP contribution in [-0.4, -0.2) is 55.1 Å². The van der Waals surface area contributed by atoms with Gasteiger partial charge < -0.3 is 15.5 Å².